The van der Waals surface area contributed by atoms with Gasteiger partial charge in [0.25, 0.3) is 0 Å². The fourth-order valence-corrected chi connectivity index (χ4v) is 2.30. The predicted molar refractivity (Wildman–Crippen MR) is 69.3 cm³/mol. The standard InChI is InChI=1S/C11H26N2O2S/c1-5-7-13(11(3,4)10-12)8-9-16(14,15)6-2/h5-10,12H2,1-4H3. The maximum atomic E-state index is 11.5. The van der Waals surface area contributed by atoms with E-state index in [4.69, 9.17) is 5.73 Å². The van der Waals surface area contributed by atoms with Crippen molar-refractivity contribution in [2.45, 2.75) is 39.7 Å². The molecule has 0 amide bonds. The van der Waals surface area contributed by atoms with Crippen LogP contribution in [0.4, 0.5) is 0 Å². The summed E-state index contributed by atoms with van der Waals surface area (Å²) in [6, 6.07) is 0. The molecule has 0 rings (SSSR count). The number of nitrogens with two attached hydrogens (primary N) is 1. The number of nitrogens with zero attached hydrogens (tertiary/aromatic N) is 1. The van der Waals surface area contributed by atoms with Crippen LogP contribution < -0.4 is 5.73 Å². The molecule has 2 N–H and O–H groups in total. The van der Waals surface area contributed by atoms with Crippen molar-refractivity contribution in [3.8, 4) is 0 Å². The zero-order chi connectivity index (χ0) is 12.8. The molecule has 0 aliphatic carbocycles. The van der Waals surface area contributed by atoms with Gasteiger partial charge >= 0.3 is 0 Å². The Morgan fingerprint density at radius 3 is 2.12 bits per heavy atom. The highest BCUT2D eigenvalue weighted by atomic mass is 32.2. The van der Waals surface area contributed by atoms with E-state index in [1.807, 2.05) is 0 Å². The van der Waals surface area contributed by atoms with E-state index in [2.05, 4.69) is 25.7 Å². The van der Waals surface area contributed by atoms with Crippen molar-refractivity contribution in [2.75, 3.05) is 31.1 Å². The molecule has 0 spiro atoms. The third kappa shape index (κ3) is 5.27. The van der Waals surface area contributed by atoms with Gasteiger partial charge in [-0.25, -0.2) is 8.42 Å². The quantitative estimate of drug-likeness (QED) is 0.694. The molecule has 0 saturated heterocycles. The maximum Gasteiger partial charge on any atom is 0.151 e. The van der Waals surface area contributed by atoms with Crippen molar-refractivity contribution in [3.05, 3.63) is 0 Å². The molecule has 5 heteroatoms. The van der Waals surface area contributed by atoms with Crippen molar-refractivity contribution in [2.24, 2.45) is 5.73 Å². The number of rotatable bonds is 8. The van der Waals surface area contributed by atoms with Crippen LogP contribution in [0, 0.1) is 0 Å². The fraction of sp³-hybridized carbons (Fsp3) is 1.00. The molecule has 0 unspecified atom stereocenters. The summed E-state index contributed by atoms with van der Waals surface area (Å²) >= 11 is 0. The first-order valence-electron chi connectivity index (χ1n) is 5.94. The van der Waals surface area contributed by atoms with Crippen molar-refractivity contribution >= 4 is 9.84 Å². The summed E-state index contributed by atoms with van der Waals surface area (Å²) in [7, 11) is -2.88. The highest BCUT2D eigenvalue weighted by Crippen LogP contribution is 2.13. The van der Waals surface area contributed by atoms with E-state index in [1.54, 1.807) is 6.92 Å². The molecule has 0 saturated carbocycles. The van der Waals surface area contributed by atoms with E-state index >= 15 is 0 Å². The molecule has 4 nitrogen and oxygen atoms in total. The van der Waals surface area contributed by atoms with Crippen LogP contribution in [0.5, 0.6) is 0 Å². The van der Waals surface area contributed by atoms with Crippen LogP contribution in [-0.4, -0.2) is 50.0 Å². The summed E-state index contributed by atoms with van der Waals surface area (Å²) in [5, 5.41) is 0. The first kappa shape index (κ1) is 15.9. The van der Waals surface area contributed by atoms with Crippen molar-refractivity contribution in [3.63, 3.8) is 0 Å². The van der Waals surface area contributed by atoms with E-state index in [0.29, 0.717) is 13.1 Å². The molecule has 0 heterocycles. The van der Waals surface area contributed by atoms with Crippen LogP contribution in [0.1, 0.15) is 34.1 Å². The highest BCUT2D eigenvalue weighted by Gasteiger charge is 2.25. The Morgan fingerprint density at radius 2 is 1.75 bits per heavy atom. The molecular weight excluding hydrogens is 224 g/mol. The Morgan fingerprint density at radius 1 is 1.19 bits per heavy atom. The van der Waals surface area contributed by atoms with Crippen molar-refractivity contribution < 1.29 is 8.42 Å². The summed E-state index contributed by atoms with van der Waals surface area (Å²) < 4.78 is 22.9. The van der Waals surface area contributed by atoms with Gasteiger partial charge in [-0.15, -0.1) is 0 Å². The summed E-state index contributed by atoms with van der Waals surface area (Å²) in [5.41, 5.74) is 5.59. The minimum atomic E-state index is -2.88. The van der Waals surface area contributed by atoms with Crippen LogP contribution in [0.15, 0.2) is 0 Å². The average Bonchev–Trinajstić information content (AvgIpc) is 2.24. The Bertz CT molecular complexity index is 286. The molecule has 0 aliphatic heterocycles. The van der Waals surface area contributed by atoms with Crippen LogP contribution in [-0.2, 0) is 9.84 Å². The van der Waals surface area contributed by atoms with Gasteiger partial charge in [0, 0.05) is 24.4 Å². The van der Waals surface area contributed by atoms with Gasteiger partial charge in [0.05, 0.1) is 5.75 Å². The lowest BCUT2D eigenvalue weighted by atomic mass is 10.0. The first-order valence-corrected chi connectivity index (χ1v) is 7.76. The molecular formula is C11H26N2O2S. The first-order chi connectivity index (χ1) is 7.29. The lowest BCUT2D eigenvalue weighted by Gasteiger charge is -2.37. The Hall–Kier alpha value is -0.130. The van der Waals surface area contributed by atoms with E-state index in [9.17, 15) is 8.42 Å². The number of hydrogen-bond donors (Lipinski definition) is 1. The van der Waals surface area contributed by atoms with Gasteiger partial charge in [0.15, 0.2) is 9.84 Å². The molecule has 0 bridgehead atoms. The molecule has 0 radical (unpaired) electrons. The number of hydrogen-bond acceptors (Lipinski definition) is 4. The van der Waals surface area contributed by atoms with Crippen molar-refractivity contribution in [1.29, 1.82) is 0 Å². The molecule has 98 valence electrons. The molecule has 16 heavy (non-hydrogen) atoms. The summed E-state index contributed by atoms with van der Waals surface area (Å²) in [6.07, 6.45) is 1.01. The summed E-state index contributed by atoms with van der Waals surface area (Å²) in [5.74, 6) is 0.447. The zero-order valence-electron chi connectivity index (χ0n) is 11.0. The minimum absolute atomic E-state index is 0.126. The third-order valence-corrected chi connectivity index (χ3v) is 4.65. The minimum Gasteiger partial charge on any atom is -0.329 e. The van der Waals surface area contributed by atoms with Gasteiger partial charge in [-0.1, -0.05) is 13.8 Å². The van der Waals surface area contributed by atoms with Gasteiger partial charge in [-0.2, -0.15) is 0 Å². The topological polar surface area (TPSA) is 63.4 Å². The Kier molecular flexibility index (Phi) is 6.51. The largest absolute Gasteiger partial charge is 0.329 e. The Balaban J connectivity index is 4.47. The maximum absolute atomic E-state index is 11.5. The van der Waals surface area contributed by atoms with Gasteiger partial charge in [0.2, 0.25) is 0 Å². The molecule has 0 aromatic heterocycles. The molecule has 0 fully saturated rings. The van der Waals surface area contributed by atoms with E-state index in [1.165, 1.54) is 0 Å². The van der Waals surface area contributed by atoms with Crippen LogP contribution in [0.3, 0.4) is 0 Å². The van der Waals surface area contributed by atoms with E-state index < -0.39 is 9.84 Å². The monoisotopic (exact) mass is 250 g/mol. The third-order valence-electron chi connectivity index (χ3n) is 2.96. The van der Waals surface area contributed by atoms with E-state index in [0.717, 1.165) is 13.0 Å². The Labute approximate surface area is 100 Å². The fourth-order valence-electron chi connectivity index (χ4n) is 1.51. The van der Waals surface area contributed by atoms with E-state index in [-0.39, 0.29) is 17.0 Å². The smallest absolute Gasteiger partial charge is 0.151 e. The van der Waals surface area contributed by atoms with Crippen LogP contribution >= 0.6 is 0 Å². The van der Waals surface area contributed by atoms with Gasteiger partial charge in [-0.05, 0) is 26.8 Å². The number of sulfone groups is 1. The lowest BCUT2D eigenvalue weighted by molar-refractivity contribution is 0.135. The SMILES string of the molecule is CCCN(CCS(=O)(=O)CC)C(C)(C)CN. The van der Waals surface area contributed by atoms with Gasteiger partial charge in [-0.3, -0.25) is 4.90 Å². The van der Waals surface area contributed by atoms with Gasteiger partial charge in [0.1, 0.15) is 0 Å². The van der Waals surface area contributed by atoms with Crippen LogP contribution in [0.25, 0.3) is 0 Å². The second-order valence-corrected chi connectivity index (χ2v) is 7.21. The summed E-state index contributed by atoms with van der Waals surface area (Å²) in [6.45, 7) is 9.90. The second kappa shape index (κ2) is 6.57. The molecule has 0 aromatic carbocycles. The predicted octanol–water partition coefficient (Wildman–Crippen LogP) is 0.870. The average molecular weight is 250 g/mol. The second-order valence-electron chi connectivity index (χ2n) is 4.74. The molecule has 0 aromatic rings. The highest BCUT2D eigenvalue weighted by molar-refractivity contribution is 7.91. The molecule has 0 atom stereocenters. The summed E-state index contributed by atoms with van der Waals surface area (Å²) in [4.78, 5) is 2.17. The molecule has 0 aliphatic rings. The lowest BCUT2D eigenvalue weighted by Crippen LogP contribution is -2.51. The van der Waals surface area contributed by atoms with Crippen LogP contribution in [0.2, 0.25) is 0 Å². The van der Waals surface area contributed by atoms with Crippen molar-refractivity contribution in [1.82, 2.24) is 4.90 Å². The normalized spacial score (nSPS) is 13.4. The zero-order valence-corrected chi connectivity index (χ0v) is 11.8. The van der Waals surface area contributed by atoms with Gasteiger partial charge < -0.3 is 5.73 Å².